The van der Waals surface area contributed by atoms with Crippen LogP contribution in [0.1, 0.15) is 32.3 Å². The van der Waals surface area contributed by atoms with E-state index in [4.69, 9.17) is 18.9 Å². The number of carbonyl (C=O) groups excluding carboxylic acids is 1. The van der Waals surface area contributed by atoms with Gasteiger partial charge in [0.05, 0.1) is 26.7 Å². The van der Waals surface area contributed by atoms with E-state index in [2.05, 4.69) is 0 Å². The molecular formula is C21H30O6. The van der Waals surface area contributed by atoms with E-state index in [-0.39, 0.29) is 31.0 Å². The van der Waals surface area contributed by atoms with Crippen LogP contribution in [-0.4, -0.2) is 49.4 Å². The van der Waals surface area contributed by atoms with Crippen LogP contribution >= 0.6 is 0 Å². The van der Waals surface area contributed by atoms with Crippen LogP contribution in [0, 0.1) is 5.92 Å². The molecule has 0 radical (unpaired) electrons. The lowest BCUT2D eigenvalue weighted by atomic mass is 10.00. The number of rotatable bonds is 10. The second-order valence-electron chi connectivity index (χ2n) is 7.07. The van der Waals surface area contributed by atoms with Gasteiger partial charge < -0.3 is 24.1 Å². The van der Waals surface area contributed by atoms with Crippen molar-refractivity contribution in [1.29, 1.82) is 0 Å². The molecule has 0 spiro atoms. The van der Waals surface area contributed by atoms with Gasteiger partial charge in [0.15, 0.2) is 5.79 Å². The Bertz CT molecular complexity index is 598. The summed E-state index contributed by atoms with van der Waals surface area (Å²) in [6.45, 7) is 4.56. The molecule has 0 bridgehead atoms. The first-order valence-corrected chi connectivity index (χ1v) is 9.27. The quantitative estimate of drug-likeness (QED) is 0.383. The van der Waals surface area contributed by atoms with Gasteiger partial charge >= 0.3 is 5.97 Å². The van der Waals surface area contributed by atoms with E-state index >= 15 is 0 Å². The fourth-order valence-electron chi connectivity index (χ4n) is 3.00. The zero-order valence-corrected chi connectivity index (χ0v) is 16.3. The zero-order valence-electron chi connectivity index (χ0n) is 16.3. The molecule has 0 aliphatic carbocycles. The summed E-state index contributed by atoms with van der Waals surface area (Å²) in [7, 11) is 1.38. The Morgan fingerprint density at radius 1 is 1.30 bits per heavy atom. The maximum absolute atomic E-state index is 11.7. The third kappa shape index (κ3) is 7.42. The molecule has 0 aromatic heterocycles. The van der Waals surface area contributed by atoms with Crippen molar-refractivity contribution in [3.05, 3.63) is 48.0 Å². The molecule has 0 saturated carbocycles. The number of allylic oxidation sites excluding steroid dienone is 1. The van der Waals surface area contributed by atoms with E-state index in [1.165, 1.54) is 7.11 Å². The van der Waals surface area contributed by atoms with Crippen LogP contribution in [0.25, 0.3) is 0 Å². The SMILES string of the molecule is COC(=O)C[C@H](/C=C/[C@@H]1OC(C)(C)OC1CO)CCOCc1ccccc1. The minimum absolute atomic E-state index is 0.0418. The maximum Gasteiger partial charge on any atom is 0.306 e. The van der Waals surface area contributed by atoms with E-state index in [0.717, 1.165) is 5.56 Å². The fourth-order valence-corrected chi connectivity index (χ4v) is 3.00. The number of hydrogen-bond acceptors (Lipinski definition) is 6. The van der Waals surface area contributed by atoms with Gasteiger partial charge in [-0.05, 0) is 31.7 Å². The molecule has 1 aromatic carbocycles. The predicted octanol–water partition coefficient (Wildman–Crippen LogP) is 2.84. The van der Waals surface area contributed by atoms with Crippen LogP contribution in [0.5, 0.6) is 0 Å². The normalized spacial score (nSPS) is 22.8. The summed E-state index contributed by atoms with van der Waals surface area (Å²) in [6, 6.07) is 9.95. The number of methoxy groups -OCH3 is 1. The molecule has 1 aromatic rings. The van der Waals surface area contributed by atoms with Gasteiger partial charge in [0.25, 0.3) is 0 Å². The minimum Gasteiger partial charge on any atom is -0.469 e. The zero-order chi connectivity index (χ0) is 19.7. The average Bonchev–Trinajstić information content (AvgIpc) is 2.97. The van der Waals surface area contributed by atoms with E-state index in [9.17, 15) is 9.90 Å². The lowest BCUT2D eigenvalue weighted by Crippen LogP contribution is -2.25. The van der Waals surface area contributed by atoms with Gasteiger partial charge in [-0.1, -0.05) is 42.5 Å². The number of esters is 1. The first-order chi connectivity index (χ1) is 12.9. The fraction of sp³-hybridized carbons (Fsp3) is 0.571. The first-order valence-electron chi connectivity index (χ1n) is 9.27. The number of benzene rings is 1. The summed E-state index contributed by atoms with van der Waals surface area (Å²) in [5.74, 6) is -1.05. The van der Waals surface area contributed by atoms with Gasteiger partial charge in [0.1, 0.15) is 12.2 Å². The Balaban J connectivity index is 1.88. The van der Waals surface area contributed by atoms with Crippen molar-refractivity contribution < 1.29 is 28.8 Å². The first kappa shape index (κ1) is 21.6. The van der Waals surface area contributed by atoms with E-state index in [0.29, 0.717) is 19.6 Å². The molecule has 150 valence electrons. The minimum atomic E-state index is -0.737. The third-order valence-electron chi connectivity index (χ3n) is 4.38. The molecule has 0 amide bonds. The summed E-state index contributed by atoms with van der Waals surface area (Å²) in [4.78, 5) is 11.7. The molecule has 1 heterocycles. The van der Waals surface area contributed by atoms with E-state index in [1.807, 2.05) is 56.3 Å². The summed E-state index contributed by atoms with van der Waals surface area (Å²) < 4.78 is 22.0. The maximum atomic E-state index is 11.7. The summed E-state index contributed by atoms with van der Waals surface area (Å²) in [6.07, 6.45) is 3.97. The number of hydrogen-bond donors (Lipinski definition) is 1. The van der Waals surface area contributed by atoms with Crippen LogP contribution in [0.15, 0.2) is 42.5 Å². The van der Waals surface area contributed by atoms with Crippen LogP contribution in [0.3, 0.4) is 0 Å². The lowest BCUT2D eigenvalue weighted by Gasteiger charge is -2.16. The predicted molar refractivity (Wildman–Crippen MR) is 101 cm³/mol. The van der Waals surface area contributed by atoms with Crippen molar-refractivity contribution in [2.75, 3.05) is 20.3 Å². The topological polar surface area (TPSA) is 74.2 Å². The van der Waals surface area contributed by atoms with Crippen molar-refractivity contribution in [2.45, 2.75) is 51.3 Å². The Hall–Kier alpha value is -1.73. The van der Waals surface area contributed by atoms with Gasteiger partial charge in [-0.2, -0.15) is 0 Å². The van der Waals surface area contributed by atoms with Gasteiger partial charge in [0, 0.05) is 6.61 Å². The number of aliphatic hydroxyl groups is 1. The Morgan fingerprint density at radius 3 is 2.70 bits per heavy atom. The van der Waals surface area contributed by atoms with Crippen molar-refractivity contribution >= 4 is 5.97 Å². The second-order valence-corrected chi connectivity index (χ2v) is 7.07. The number of carbonyl (C=O) groups is 1. The summed E-state index contributed by atoms with van der Waals surface area (Å²) >= 11 is 0. The van der Waals surface area contributed by atoms with Crippen LogP contribution in [-0.2, 0) is 30.3 Å². The molecule has 6 heteroatoms. The smallest absolute Gasteiger partial charge is 0.306 e. The van der Waals surface area contributed by atoms with Crippen LogP contribution in [0.4, 0.5) is 0 Å². The van der Waals surface area contributed by atoms with E-state index in [1.54, 1.807) is 0 Å². The molecule has 1 unspecified atom stereocenters. The van der Waals surface area contributed by atoms with Gasteiger partial charge in [-0.3, -0.25) is 4.79 Å². The van der Waals surface area contributed by atoms with Crippen LogP contribution in [0.2, 0.25) is 0 Å². The molecule has 3 atom stereocenters. The van der Waals surface area contributed by atoms with Gasteiger partial charge in [0.2, 0.25) is 0 Å². The summed E-state index contributed by atoms with van der Waals surface area (Å²) in [5, 5.41) is 9.47. The Morgan fingerprint density at radius 2 is 2.04 bits per heavy atom. The molecule has 1 N–H and O–H groups in total. The Labute approximate surface area is 161 Å². The summed E-state index contributed by atoms with van der Waals surface area (Å²) in [5.41, 5.74) is 1.11. The van der Waals surface area contributed by atoms with Crippen molar-refractivity contribution in [1.82, 2.24) is 0 Å². The molecule has 1 aliphatic heterocycles. The highest BCUT2D eigenvalue weighted by atomic mass is 16.8. The number of aliphatic hydroxyl groups excluding tert-OH is 1. The molecule has 2 rings (SSSR count). The van der Waals surface area contributed by atoms with Crippen LogP contribution < -0.4 is 0 Å². The van der Waals surface area contributed by atoms with Gasteiger partial charge in [-0.25, -0.2) is 0 Å². The largest absolute Gasteiger partial charge is 0.469 e. The standard InChI is InChI=1S/C21H30O6/c1-21(2)26-18(19(14-22)27-21)10-9-16(13-20(23)24-3)11-12-25-15-17-7-5-4-6-8-17/h4-10,16,18-19,22H,11-15H2,1-3H3/b10-9+/t16-,18+,19?/m1/s1. The highest BCUT2D eigenvalue weighted by Crippen LogP contribution is 2.29. The van der Waals surface area contributed by atoms with E-state index < -0.39 is 11.9 Å². The van der Waals surface area contributed by atoms with Gasteiger partial charge in [-0.15, -0.1) is 0 Å². The highest BCUT2D eigenvalue weighted by molar-refractivity contribution is 5.69. The molecule has 27 heavy (non-hydrogen) atoms. The average molecular weight is 378 g/mol. The third-order valence-corrected chi connectivity index (χ3v) is 4.38. The Kier molecular flexibility index (Phi) is 8.44. The van der Waals surface area contributed by atoms with Crippen molar-refractivity contribution in [2.24, 2.45) is 5.92 Å². The second kappa shape index (κ2) is 10.6. The lowest BCUT2D eigenvalue weighted by molar-refractivity contribution is -0.146. The molecule has 1 fully saturated rings. The van der Waals surface area contributed by atoms with Crippen molar-refractivity contribution in [3.8, 4) is 0 Å². The molecule has 6 nitrogen and oxygen atoms in total. The molecule has 1 aliphatic rings. The number of ether oxygens (including phenoxy) is 4. The highest BCUT2D eigenvalue weighted by Gasteiger charge is 2.39. The monoisotopic (exact) mass is 378 g/mol. The molecule has 1 saturated heterocycles. The van der Waals surface area contributed by atoms with Crippen molar-refractivity contribution in [3.63, 3.8) is 0 Å². The molecular weight excluding hydrogens is 348 g/mol.